The van der Waals surface area contributed by atoms with Crippen molar-refractivity contribution in [1.82, 2.24) is 0 Å². The van der Waals surface area contributed by atoms with Gasteiger partial charge in [0.15, 0.2) is 0 Å². The number of benzene rings is 1. The van der Waals surface area contributed by atoms with Crippen LogP contribution < -0.4 is 10.1 Å². The molecule has 1 aliphatic rings. The third-order valence-electron chi connectivity index (χ3n) is 4.32. The monoisotopic (exact) mass is 305 g/mol. The Kier molecular flexibility index (Phi) is 5.83. The van der Waals surface area contributed by atoms with E-state index in [2.05, 4.69) is 5.32 Å². The fourth-order valence-electron chi connectivity index (χ4n) is 2.69. The zero-order valence-corrected chi connectivity index (χ0v) is 13.8. The number of aliphatic hydroxyl groups is 1. The first-order valence-electron chi connectivity index (χ1n) is 8.21. The normalized spacial score (nSPS) is 16.8. The highest BCUT2D eigenvalue weighted by atomic mass is 16.5. The molecule has 1 aliphatic carbocycles. The third kappa shape index (κ3) is 4.47. The van der Waals surface area contributed by atoms with E-state index < -0.39 is 6.10 Å². The maximum absolute atomic E-state index is 12.0. The molecular formula is C18H27NO3. The Labute approximate surface area is 132 Å². The van der Waals surface area contributed by atoms with Gasteiger partial charge in [0.25, 0.3) is 0 Å². The van der Waals surface area contributed by atoms with Crippen LogP contribution in [-0.2, 0) is 4.79 Å². The molecule has 4 heteroatoms. The van der Waals surface area contributed by atoms with E-state index in [0.29, 0.717) is 6.10 Å². The maximum atomic E-state index is 12.0. The molecule has 1 aromatic carbocycles. The summed E-state index contributed by atoms with van der Waals surface area (Å²) >= 11 is 0. The molecule has 122 valence electrons. The Hall–Kier alpha value is -1.55. The first-order chi connectivity index (χ1) is 10.5. The molecule has 4 nitrogen and oxygen atoms in total. The van der Waals surface area contributed by atoms with E-state index in [-0.39, 0.29) is 18.2 Å². The fourth-order valence-corrected chi connectivity index (χ4v) is 2.69. The molecule has 0 spiro atoms. The maximum Gasteiger partial charge on any atom is 0.226 e. The lowest BCUT2D eigenvalue weighted by Crippen LogP contribution is -2.24. The summed E-state index contributed by atoms with van der Waals surface area (Å²) in [5.41, 5.74) is 1.71. The van der Waals surface area contributed by atoms with Crippen molar-refractivity contribution in [3.63, 3.8) is 0 Å². The molecule has 2 rings (SSSR count). The van der Waals surface area contributed by atoms with Crippen LogP contribution in [-0.4, -0.2) is 23.2 Å². The summed E-state index contributed by atoms with van der Waals surface area (Å²) in [5, 5.41) is 12.7. The van der Waals surface area contributed by atoms with Gasteiger partial charge in [0.2, 0.25) is 5.91 Å². The number of anilines is 1. The summed E-state index contributed by atoms with van der Waals surface area (Å²) in [6, 6.07) is 5.72. The largest absolute Gasteiger partial charge is 0.490 e. The number of carbonyl (C=O) groups excluding carboxylic acids is 1. The van der Waals surface area contributed by atoms with Crippen molar-refractivity contribution in [2.75, 3.05) is 5.32 Å². The quantitative estimate of drug-likeness (QED) is 0.843. The second-order valence-electron chi connectivity index (χ2n) is 6.52. The van der Waals surface area contributed by atoms with Gasteiger partial charge in [-0.3, -0.25) is 4.79 Å². The van der Waals surface area contributed by atoms with Gasteiger partial charge in [0.1, 0.15) is 5.75 Å². The van der Waals surface area contributed by atoms with Gasteiger partial charge < -0.3 is 15.2 Å². The average molecular weight is 305 g/mol. The predicted octanol–water partition coefficient (Wildman–Crippen LogP) is 3.66. The lowest BCUT2D eigenvalue weighted by Gasteiger charge is -2.18. The lowest BCUT2D eigenvalue weighted by molar-refractivity contribution is -0.118. The minimum absolute atomic E-state index is 0.0730. The van der Waals surface area contributed by atoms with Crippen molar-refractivity contribution in [3.8, 4) is 5.75 Å². The molecule has 1 saturated carbocycles. The van der Waals surface area contributed by atoms with Crippen LogP contribution in [0.5, 0.6) is 5.75 Å². The zero-order chi connectivity index (χ0) is 16.1. The van der Waals surface area contributed by atoms with Crippen molar-refractivity contribution in [3.05, 3.63) is 23.8 Å². The van der Waals surface area contributed by atoms with Crippen molar-refractivity contribution < 1.29 is 14.6 Å². The number of rotatable bonds is 6. The standard InChI is InChI=1S/C18H27NO3/c1-12(2)16(20)11-18(21)19-15-9-6-10-17(13(15)3)22-14-7-4-5-8-14/h6,9-10,12,14,16,20H,4-5,7-8,11H2,1-3H3,(H,19,21). The van der Waals surface area contributed by atoms with Crippen molar-refractivity contribution >= 4 is 11.6 Å². The smallest absolute Gasteiger partial charge is 0.226 e. The molecule has 1 atom stereocenters. The lowest BCUT2D eigenvalue weighted by atomic mass is 10.0. The molecule has 1 fully saturated rings. The van der Waals surface area contributed by atoms with Crippen LogP contribution >= 0.6 is 0 Å². The number of nitrogens with one attached hydrogen (secondary N) is 1. The summed E-state index contributed by atoms with van der Waals surface area (Å²) in [6.07, 6.45) is 4.48. The van der Waals surface area contributed by atoms with Crippen LogP contribution in [0, 0.1) is 12.8 Å². The summed E-state index contributed by atoms with van der Waals surface area (Å²) < 4.78 is 6.05. The summed E-state index contributed by atoms with van der Waals surface area (Å²) in [6.45, 7) is 5.76. The minimum Gasteiger partial charge on any atom is -0.490 e. The average Bonchev–Trinajstić information content (AvgIpc) is 2.96. The number of carbonyl (C=O) groups is 1. The van der Waals surface area contributed by atoms with Crippen LogP contribution in [0.25, 0.3) is 0 Å². The number of aliphatic hydroxyl groups excluding tert-OH is 1. The number of amides is 1. The highest BCUT2D eigenvalue weighted by Crippen LogP contribution is 2.30. The molecule has 1 amide bonds. The van der Waals surface area contributed by atoms with Gasteiger partial charge in [-0.2, -0.15) is 0 Å². The van der Waals surface area contributed by atoms with E-state index in [1.165, 1.54) is 12.8 Å². The summed E-state index contributed by atoms with van der Waals surface area (Å²) in [4.78, 5) is 12.0. The Bertz CT molecular complexity index is 507. The Morgan fingerprint density at radius 2 is 2.05 bits per heavy atom. The molecule has 0 bridgehead atoms. The second-order valence-corrected chi connectivity index (χ2v) is 6.52. The highest BCUT2D eigenvalue weighted by Gasteiger charge is 2.19. The number of ether oxygens (including phenoxy) is 1. The Morgan fingerprint density at radius 3 is 2.68 bits per heavy atom. The molecule has 0 aromatic heterocycles. The third-order valence-corrected chi connectivity index (χ3v) is 4.32. The SMILES string of the molecule is Cc1c(NC(=O)CC(O)C(C)C)cccc1OC1CCCC1. The first kappa shape index (κ1) is 16.8. The first-order valence-corrected chi connectivity index (χ1v) is 8.21. The molecule has 22 heavy (non-hydrogen) atoms. The van der Waals surface area contributed by atoms with Crippen molar-refractivity contribution in [2.45, 2.75) is 65.1 Å². The van der Waals surface area contributed by atoms with E-state index in [0.717, 1.165) is 29.8 Å². The van der Waals surface area contributed by atoms with Crippen LogP contribution in [0.3, 0.4) is 0 Å². The molecule has 1 unspecified atom stereocenters. The molecule has 0 heterocycles. The second kappa shape index (κ2) is 7.63. The molecular weight excluding hydrogens is 278 g/mol. The Balaban J connectivity index is 2.00. The van der Waals surface area contributed by atoms with Gasteiger partial charge in [-0.25, -0.2) is 0 Å². The fraction of sp³-hybridized carbons (Fsp3) is 0.611. The molecule has 0 radical (unpaired) electrons. The van der Waals surface area contributed by atoms with E-state index in [1.54, 1.807) is 0 Å². The van der Waals surface area contributed by atoms with Gasteiger partial charge in [0, 0.05) is 11.3 Å². The van der Waals surface area contributed by atoms with Gasteiger partial charge in [0.05, 0.1) is 18.6 Å². The number of hydrogen-bond donors (Lipinski definition) is 2. The van der Waals surface area contributed by atoms with Crippen molar-refractivity contribution in [1.29, 1.82) is 0 Å². The predicted molar refractivity (Wildman–Crippen MR) is 88.2 cm³/mol. The van der Waals surface area contributed by atoms with E-state index >= 15 is 0 Å². The zero-order valence-electron chi connectivity index (χ0n) is 13.8. The summed E-state index contributed by atoms with van der Waals surface area (Å²) in [5.74, 6) is 0.750. The van der Waals surface area contributed by atoms with Gasteiger partial charge in [-0.05, 0) is 50.7 Å². The van der Waals surface area contributed by atoms with Crippen LogP contribution in [0.1, 0.15) is 51.5 Å². The van der Waals surface area contributed by atoms with Crippen molar-refractivity contribution in [2.24, 2.45) is 5.92 Å². The minimum atomic E-state index is -0.613. The highest BCUT2D eigenvalue weighted by molar-refractivity contribution is 5.92. The number of hydrogen-bond acceptors (Lipinski definition) is 3. The van der Waals surface area contributed by atoms with Crippen LogP contribution in [0.2, 0.25) is 0 Å². The molecule has 1 aromatic rings. The Morgan fingerprint density at radius 1 is 1.36 bits per heavy atom. The van der Waals surface area contributed by atoms with E-state index in [9.17, 15) is 9.90 Å². The summed E-state index contributed by atoms with van der Waals surface area (Å²) in [7, 11) is 0. The van der Waals surface area contributed by atoms with Gasteiger partial charge in [-0.15, -0.1) is 0 Å². The van der Waals surface area contributed by atoms with Crippen LogP contribution in [0.4, 0.5) is 5.69 Å². The van der Waals surface area contributed by atoms with Gasteiger partial charge >= 0.3 is 0 Å². The van der Waals surface area contributed by atoms with Crippen LogP contribution in [0.15, 0.2) is 18.2 Å². The van der Waals surface area contributed by atoms with Gasteiger partial charge in [-0.1, -0.05) is 19.9 Å². The van der Waals surface area contributed by atoms with E-state index in [1.807, 2.05) is 39.0 Å². The molecule has 0 aliphatic heterocycles. The molecule has 2 N–H and O–H groups in total. The molecule has 0 saturated heterocycles. The topological polar surface area (TPSA) is 58.6 Å². The van der Waals surface area contributed by atoms with E-state index in [4.69, 9.17) is 4.74 Å².